The highest BCUT2D eigenvalue weighted by Crippen LogP contribution is 2.19. The lowest BCUT2D eigenvalue weighted by molar-refractivity contribution is 1.20. The average molecular weight is 343 g/mol. The van der Waals surface area contributed by atoms with E-state index in [1.54, 1.807) is 30.6 Å². The van der Waals surface area contributed by atoms with E-state index in [0.717, 1.165) is 16.6 Å². The summed E-state index contributed by atoms with van der Waals surface area (Å²) in [5, 5.41) is 9.32. The monoisotopic (exact) mass is 342 g/mol. The third kappa shape index (κ3) is 3.73. The van der Waals surface area contributed by atoms with Crippen LogP contribution in [0.15, 0.2) is 58.9 Å². The highest BCUT2D eigenvalue weighted by molar-refractivity contribution is 6.36. The normalized spacial score (nSPS) is 12.2. The molecule has 0 atom stereocenters. The van der Waals surface area contributed by atoms with Crippen LogP contribution in [0.1, 0.15) is 18.2 Å². The molecule has 0 aliphatic rings. The van der Waals surface area contributed by atoms with Gasteiger partial charge in [-0.15, -0.1) is 0 Å². The number of fused-ring (bicyclic) bond motifs is 1. The van der Waals surface area contributed by atoms with Gasteiger partial charge >= 0.3 is 0 Å². The van der Waals surface area contributed by atoms with Gasteiger partial charge in [-0.3, -0.25) is 4.98 Å². The molecule has 2 aromatic carbocycles. The number of hydrogen-bond acceptors (Lipinski definition) is 4. The first-order chi connectivity index (χ1) is 11.1. The van der Waals surface area contributed by atoms with E-state index < -0.39 is 0 Å². The van der Waals surface area contributed by atoms with Crippen LogP contribution < -0.4 is 0 Å². The molecule has 0 aliphatic carbocycles. The molecular formula is C17H12Cl2N4. The minimum Gasteiger partial charge on any atom is -0.252 e. The van der Waals surface area contributed by atoms with Gasteiger partial charge in [0.2, 0.25) is 0 Å². The predicted octanol–water partition coefficient (Wildman–Crippen LogP) is 4.78. The van der Waals surface area contributed by atoms with Gasteiger partial charge < -0.3 is 0 Å². The van der Waals surface area contributed by atoms with Crippen LogP contribution in [-0.2, 0) is 0 Å². The molecule has 0 fully saturated rings. The summed E-state index contributed by atoms with van der Waals surface area (Å²) in [5.41, 5.74) is 3.77. The SMILES string of the molecule is CC(=NN=Cc1ccc(Cl)cc1Cl)c1cnc2ccccc2n1. The fourth-order valence-electron chi connectivity index (χ4n) is 1.97. The minimum atomic E-state index is 0.527. The van der Waals surface area contributed by atoms with E-state index in [4.69, 9.17) is 23.2 Å². The second-order valence-corrected chi connectivity index (χ2v) is 5.68. The number of halogens is 2. The second-order valence-electron chi connectivity index (χ2n) is 4.84. The zero-order valence-electron chi connectivity index (χ0n) is 12.2. The molecule has 0 bridgehead atoms. The van der Waals surface area contributed by atoms with Crippen molar-refractivity contribution >= 4 is 46.2 Å². The van der Waals surface area contributed by atoms with Gasteiger partial charge in [0.25, 0.3) is 0 Å². The molecule has 0 unspecified atom stereocenters. The first-order valence-corrected chi connectivity index (χ1v) is 7.64. The van der Waals surface area contributed by atoms with Crippen molar-refractivity contribution < 1.29 is 0 Å². The predicted molar refractivity (Wildman–Crippen MR) is 95.8 cm³/mol. The second kappa shape index (κ2) is 6.86. The minimum absolute atomic E-state index is 0.527. The van der Waals surface area contributed by atoms with E-state index in [1.165, 1.54) is 0 Å². The summed E-state index contributed by atoms with van der Waals surface area (Å²) in [5.74, 6) is 0. The molecule has 1 heterocycles. The van der Waals surface area contributed by atoms with Crippen LogP contribution in [0.25, 0.3) is 11.0 Å². The maximum atomic E-state index is 6.08. The molecular weight excluding hydrogens is 331 g/mol. The molecule has 114 valence electrons. The molecule has 1 aromatic heterocycles. The molecule has 6 heteroatoms. The zero-order chi connectivity index (χ0) is 16.2. The maximum Gasteiger partial charge on any atom is 0.105 e. The molecule has 3 rings (SSSR count). The molecule has 0 spiro atoms. The van der Waals surface area contributed by atoms with Gasteiger partial charge in [-0.25, -0.2) is 4.98 Å². The van der Waals surface area contributed by atoms with Crippen molar-refractivity contribution in [1.82, 2.24) is 9.97 Å². The van der Waals surface area contributed by atoms with Gasteiger partial charge in [0.05, 0.1) is 34.2 Å². The highest BCUT2D eigenvalue weighted by atomic mass is 35.5. The summed E-state index contributed by atoms with van der Waals surface area (Å²) >= 11 is 11.9. The van der Waals surface area contributed by atoms with Crippen LogP contribution in [0.2, 0.25) is 10.0 Å². The van der Waals surface area contributed by atoms with E-state index in [-0.39, 0.29) is 0 Å². The van der Waals surface area contributed by atoms with E-state index in [0.29, 0.717) is 21.5 Å². The number of rotatable bonds is 3. The number of aromatic nitrogens is 2. The Morgan fingerprint density at radius 2 is 1.87 bits per heavy atom. The van der Waals surface area contributed by atoms with E-state index in [2.05, 4.69) is 20.2 Å². The number of benzene rings is 2. The Morgan fingerprint density at radius 3 is 2.65 bits per heavy atom. The highest BCUT2D eigenvalue weighted by Gasteiger charge is 2.02. The van der Waals surface area contributed by atoms with Crippen LogP contribution in [0.5, 0.6) is 0 Å². The van der Waals surface area contributed by atoms with Crippen LogP contribution in [0.3, 0.4) is 0 Å². The van der Waals surface area contributed by atoms with Crippen molar-refractivity contribution in [3.8, 4) is 0 Å². The molecule has 0 radical (unpaired) electrons. The zero-order valence-corrected chi connectivity index (χ0v) is 13.8. The molecule has 0 saturated heterocycles. The molecule has 0 N–H and O–H groups in total. The average Bonchev–Trinajstić information content (AvgIpc) is 2.56. The molecule has 4 nitrogen and oxygen atoms in total. The third-order valence-electron chi connectivity index (χ3n) is 3.19. The summed E-state index contributed by atoms with van der Waals surface area (Å²) in [6.07, 6.45) is 3.27. The standard InChI is InChI=1S/C17H12Cl2N4/c1-11(17-10-20-15-4-2-3-5-16(15)22-17)23-21-9-12-6-7-13(18)8-14(12)19/h2-10H,1H3. The lowest BCUT2D eigenvalue weighted by atomic mass is 10.2. The van der Waals surface area contributed by atoms with Crippen molar-refractivity contribution in [2.45, 2.75) is 6.92 Å². The van der Waals surface area contributed by atoms with Gasteiger partial charge in [0, 0.05) is 10.6 Å². The van der Waals surface area contributed by atoms with Crippen LogP contribution >= 0.6 is 23.2 Å². The third-order valence-corrected chi connectivity index (χ3v) is 3.75. The first-order valence-electron chi connectivity index (χ1n) is 6.88. The van der Waals surface area contributed by atoms with Crippen molar-refractivity contribution in [3.05, 3.63) is 70.0 Å². The fraction of sp³-hybridized carbons (Fsp3) is 0.0588. The van der Waals surface area contributed by atoms with E-state index >= 15 is 0 Å². The Bertz CT molecular complexity index is 919. The Hall–Kier alpha value is -2.30. The summed E-state index contributed by atoms with van der Waals surface area (Å²) in [4.78, 5) is 8.88. The van der Waals surface area contributed by atoms with Crippen LogP contribution in [0, 0.1) is 0 Å². The number of para-hydroxylation sites is 2. The van der Waals surface area contributed by atoms with Gasteiger partial charge in [-0.1, -0.05) is 41.4 Å². The Balaban J connectivity index is 1.84. The Morgan fingerprint density at radius 1 is 1.09 bits per heavy atom. The van der Waals surface area contributed by atoms with E-state index in [9.17, 15) is 0 Å². The number of hydrogen-bond donors (Lipinski definition) is 0. The maximum absolute atomic E-state index is 6.08. The fourth-order valence-corrected chi connectivity index (χ4v) is 2.42. The van der Waals surface area contributed by atoms with Crippen LogP contribution in [0.4, 0.5) is 0 Å². The Labute approximate surface area is 143 Å². The quantitative estimate of drug-likeness (QED) is 0.508. The summed E-state index contributed by atoms with van der Waals surface area (Å²) in [7, 11) is 0. The lowest BCUT2D eigenvalue weighted by Crippen LogP contribution is -1.99. The van der Waals surface area contributed by atoms with Gasteiger partial charge in [0.1, 0.15) is 5.69 Å². The summed E-state index contributed by atoms with van der Waals surface area (Å²) in [6, 6.07) is 12.9. The van der Waals surface area contributed by atoms with E-state index in [1.807, 2.05) is 31.2 Å². The van der Waals surface area contributed by atoms with Crippen molar-refractivity contribution in [2.75, 3.05) is 0 Å². The lowest BCUT2D eigenvalue weighted by Gasteiger charge is -2.00. The van der Waals surface area contributed by atoms with Gasteiger partial charge in [0.15, 0.2) is 0 Å². The molecule has 0 aliphatic heterocycles. The smallest absolute Gasteiger partial charge is 0.105 e. The molecule has 0 amide bonds. The van der Waals surface area contributed by atoms with Crippen molar-refractivity contribution in [1.29, 1.82) is 0 Å². The number of nitrogens with zero attached hydrogens (tertiary/aromatic N) is 4. The van der Waals surface area contributed by atoms with Crippen molar-refractivity contribution in [2.24, 2.45) is 10.2 Å². The van der Waals surface area contributed by atoms with Crippen molar-refractivity contribution in [3.63, 3.8) is 0 Å². The van der Waals surface area contributed by atoms with Gasteiger partial charge in [-0.2, -0.15) is 10.2 Å². The topological polar surface area (TPSA) is 50.5 Å². The van der Waals surface area contributed by atoms with Gasteiger partial charge in [-0.05, 0) is 31.2 Å². The van der Waals surface area contributed by atoms with Crippen LogP contribution in [-0.4, -0.2) is 21.9 Å². The molecule has 0 saturated carbocycles. The molecule has 3 aromatic rings. The Kier molecular flexibility index (Phi) is 4.65. The summed E-state index contributed by atoms with van der Waals surface area (Å²) in [6.45, 7) is 1.83. The largest absolute Gasteiger partial charge is 0.252 e. The summed E-state index contributed by atoms with van der Waals surface area (Å²) < 4.78 is 0. The first kappa shape index (κ1) is 15.6. The molecule has 23 heavy (non-hydrogen) atoms.